The first-order valence-corrected chi connectivity index (χ1v) is 10.5. The molecule has 1 aromatic rings. The van der Waals surface area contributed by atoms with Crippen LogP contribution in [0.1, 0.15) is 6.42 Å². The van der Waals surface area contributed by atoms with E-state index in [-0.39, 0.29) is 31.7 Å². The van der Waals surface area contributed by atoms with Crippen LogP contribution in [-0.4, -0.2) is 80.6 Å². The highest BCUT2D eigenvalue weighted by Gasteiger charge is 2.43. The van der Waals surface area contributed by atoms with Crippen molar-refractivity contribution in [2.24, 2.45) is 0 Å². The quantitative estimate of drug-likeness (QED) is 0.658. The van der Waals surface area contributed by atoms with Crippen molar-refractivity contribution in [1.29, 1.82) is 5.26 Å². The molecule has 11 heteroatoms. The minimum atomic E-state index is -3.73. The summed E-state index contributed by atoms with van der Waals surface area (Å²) in [5.41, 5.74) is 0.894. The Morgan fingerprint density at radius 2 is 2.11 bits per heavy atom. The SMILES string of the molecule is N#CN1CCC(N2CCN(c3ccc4c(c3)N(CCO)C(=O)CO4)S2(=O)=O)C1. The van der Waals surface area contributed by atoms with Gasteiger partial charge in [-0.1, -0.05) is 0 Å². The lowest BCUT2D eigenvalue weighted by molar-refractivity contribution is -0.121. The van der Waals surface area contributed by atoms with E-state index in [2.05, 4.69) is 6.19 Å². The van der Waals surface area contributed by atoms with E-state index in [0.29, 0.717) is 49.7 Å². The second-order valence-electron chi connectivity index (χ2n) is 6.89. The Morgan fingerprint density at radius 3 is 2.82 bits per heavy atom. The summed E-state index contributed by atoms with van der Waals surface area (Å²) in [6.07, 6.45) is 2.69. The van der Waals surface area contributed by atoms with Gasteiger partial charge in [0.15, 0.2) is 12.8 Å². The zero-order chi connectivity index (χ0) is 19.9. The number of β-amino-alcohol motifs (C(OH)–C–C–N with tert-alkyl or cyclic N) is 1. The molecule has 1 amide bonds. The summed E-state index contributed by atoms with van der Waals surface area (Å²) in [6, 6.07) is 4.69. The molecule has 10 nitrogen and oxygen atoms in total. The Kier molecular flexibility index (Phi) is 4.78. The van der Waals surface area contributed by atoms with Crippen molar-refractivity contribution in [2.45, 2.75) is 12.5 Å². The number of amides is 1. The van der Waals surface area contributed by atoms with Crippen LogP contribution < -0.4 is 13.9 Å². The lowest BCUT2D eigenvalue weighted by Crippen LogP contribution is -2.42. The summed E-state index contributed by atoms with van der Waals surface area (Å²) in [7, 11) is -3.73. The molecule has 0 spiro atoms. The summed E-state index contributed by atoms with van der Waals surface area (Å²) in [5.74, 6) is 0.192. The van der Waals surface area contributed by atoms with E-state index in [1.807, 2.05) is 0 Å². The number of anilines is 2. The van der Waals surface area contributed by atoms with Crippen LogP contribution in [0.2, 0.25) is 0 Å². The molecule has 1 unspecified atom stereocenters. The van der Waals surface area contributed by atoms with E-state index in [4.69, 9.17) is 10.00 Å². The largest absolute Gasteiger partial charge is 0.482 e. The third-order valence-electron chi connectivity index (χ3n) is 5.31. The molecule has 0 bridgehead atoms. The van der Waals surface area contributed by atoms with E-state index in [1.165, 1.54) is 13.5 Å². The predicted octanol–water partition coefficient (Wildman–Crippen LogP) is -0.674. The highest BCUT2D eigenvalue weighted by atomic mass is 32.2. The van der Waals surface area contributed by atoms with Gasteiger partial charge in [-0.05, 0) is 24.6 Å². The van der Waals surface area contributed by atoms with E-state index in [0.717, 1.165) is 0 Å². The van der Waals surface area contributed by atoms with Crippen molar-refractivity contribution in [1.82, 2.24) is 9.21 Å². The number of hydrogen-bond donors (Lipinski definition) is 1. The number of hydrogen-bond acceptors (Lipinski definition) is 7. The molecule has 4 rings (SSSR count). The number of nitrogens with zero attached hydrogens (tertiary/aromatic N) is 5. The number of likely N-dealkylation sites (tertiary alicyclic amines) is 1. The summed E-state index contributed by atoms with van der Waals surface area (Å²) >= 11 is 0. The fourth-order valence-electron chi connectivity index (χ4n) is 3.94. The standard InChI is InChI=1S/C17H21N5O5S/c18-12-19-4-3-14(10-19)22-6-5-21(28(22,25)26)13-1-2-16-15(9-13)20(7-8-23)17(24)11-27-16/h1-2,9,14,23H,3-8,10-11H2. The monoisotopic (exact) mass is 407 g/mol. The van der Waals surface area contributed by atoms with Gasteiger partial charge in [0.25, 0.3) is 5.91 Å². The Hall–Kier alpha value is -2.55. The number of fused-ring (bicyclic) bond motifs is 1. The third kappa shape index (κ3) is 3.03. The highest BCUT2D eigenvalue weighted by molar-refractivity contribution is 7.90. The Bertz CT molecular complexity index is 930. The molecule has 0 aromatic heterocycles. The number of ether oxygens (including phenoxy) is 1. The van der Waals surface area contributed by atoms with Crippen molar-refractivity contribution in [2.75, 3.05) is 55.1 Å². The zero-order valence-corrected chi connectivity index (χ0v) is 16.0. The average Bonchev–Trinajstić information content (AvgIpc) is 3.27. The topological polar surface area (TPSA) is 117 Å². The molecule has 2 saturated heterocycles. The number of benzene rings is 1. The molecule has 3 aliphatic rings. The molecule has 2 fully saturated rings. The number of carbonyl (C=O) groups excluding carboxylic acids is 1. The molecule has 1 aromatic carbocycles. The van der Waals surface area contributed by atoms with E-state index in [9.17, 15) is 18.3 Å². The molecule has 0 aliphatic carbocycles. The van der Waals surface area contributed by atoms with Gasteiger partial charge >= 0.3 is 10.2 Å². The number of nitriles is 1. The number of carbonyl (C=O) groups is 1. The summed E-state index contributed by atoms with van der Waals surface area (Å²) in [5, 5.41) is 18.3. The van der Waals surface area contributed by atoms with Gasteiger partial charge in [0, 0.05) is 38.8 Å². The zero-order valence-electron chi connectivity index (χ0n) is 15.2. The van der Waals surface area contributed by atoms with E-state index >= 15 is 0 Å². The minimum Gasteiger partial charge on any atom is -0.482 e. The van der Waals surface area contributed by atoms with Gasteiger partial charge in [-0.15, -0.1) is 0 Å². The number of rotatable bonds is 4. The first-order valence-electron chi connectivity index (χ1n) is 9.08. The van der Waals surface area contributed by atoms with E-state index in [1.54, 1.807) is 23.1 Å². The van der Waals surface area contributed by atoms with Crippen molar-refractivity contribution in [3.63, 3.8) is 0 Å². The Balaban J connectivity index is 1.62. The maximum atomic E-state index is 13.1. The van der Waals surface area contributed by atoms with Gasteiger partial charge in [-0.25, -0.2) is 0 Å². The lowest BCUT2D eigenvalue weighted by atomic mass is 10.2. The molecule has 1 N–H and O–H groups in total. The van der Waals surface area contributed by atoms with Crippen LogP contribution in [0, 0.1) is 11.5 Å². The van der Waals surface area contributed by atoms with Gasteiger partial charge in [0.1, 0.15) is 5.75 Å². The van der Waals surface area contributed by atoms with Crippen LogP contribution in [0.4, 0.5) is 11.4 Å². The number of aliphatic hydroxyl groups excluding tert-OH is 1. The fourth-order valence-corrected chi connectivity index (χ4v) is 5.75. The molecule has 3 heterocycles. The average molecular weight is 407 g/mol. The normalized spacial score (nSPS) is 24.2. The number of aliphatic hydroxyl groups is 1. The molecule has 150 valence electrons. The van der Waals surface area contributed by atoms with Gasteiger partial charge in [-0.2, -0.15) is 18.0 Å². The second-order valence-corrected chi connectivity index (χ2v) is 8.69. The van der Waals surface area contributed by atoms with Crippen LogP contribution in [0.5, 0.6) is 5.75 Å². The minimum absolute atomic E-state index is 0.112. The van der Waals surface area contributed by atoms with Crippen LogP contribution in [0.25, 0.3) is 0 Å². The first-order chi connectivity index (χ1) is 13.5. The molecule has 28 heavy (non-hydrogen) atoms. The molecular formula is C17H21N5O5S. The Labute approximate surface area is 163 Å². The van der Waals surface area contributed by atoms with Gasteiger partial charge in [0.05, 0.1) is 18.0 Å². The lowest BCUT2D eigenvalue weighted by Gasteiger charge is -2.30. The molecule has 0 saturated carbocycles. The predicted molar refractivity (Wildman–Crippen MR) is 99.9 cm³/mol. The van der Waals surface area contributed by atoms with Crippen LogP contribution >= 0.6 is 0 Å². The van der Waals surface area contributed by atoms with Crippen molar-refractivity contribution < 1.29 is 23.1 Å². The highest BCUT2D eigenvalue weighted by Crippen LogP contribution is 2.38. The Morgan fingerprint density at radius 1 is 1.29 bits per heavy atom. The van der Waals surface area contributed by atoms with Crippen molar-refractivity contribution >= 4 is 27.5 Å². The third-order valence-corrected chi connectivity index (χ3v) is 7.33. The van der Waals surface area contributed by atoms with Crippen molar-refractivity contribution in [3.8, 4) is 11.9 Å². The van der Waals surface area contributed by atoms with Crippen LogP contribution in [0.15, 0.2) is 18.2 Å². The maximum Gasteiger partial charge on any atom is 0.304 e. The smallest absolute Gasteiger partial charge is 0.304 e. The van der Waals surface area contributed by atoms with Crippen molar-refractivity contribution in [3.05, 3.63) is 18.2 Å². The van der Waals surface area contributed by atoms with E-state index < -0.39 is 10.2 Å². The van der Waals surface area contributed by atoms with Crippen LogP contribution in [0.3, 0.4) is 0 Å². The van der Waals surface area contributed by atoms with Crippen LogP contribution in [-0.2, 0) is 15.0 Å². The summed E-state index contributed by atoms with van der Waals surface area (Å²) in [4.78, 5) is 15.1. The second kappa shape index (κ2) is 7.12. The molecular weight excluding hydrogens is 386 g/mol. The maximum absolute atomic E-state index is 13.1. The fraction of sp³-hybridized carbons (Fsp3) is 0.529. The molecule has 3 aliphatic heterocycles. The summed E-state index contributed by atoms with van der Waals surface area (Å²) < 4.78 is 34.4. The molecule has 1 atom stereocenters. The first kappa shape index (κ1) is 18.8. The molecule has 0 radical (unpaired) electrons. The summed E-state index contributed by atoms with van der Waals surface area (Å²) in [6.45, 7) is 1.39. The van der Waals surface area contributed by atoms with Gasteiger partial charge in [-0.3, -0.25) is 9.10 Å². The van der Waals surface area contributed by atoms with Gasteiger partial charge < -0.3 is 19.6 Å². The van der Waals surface area contributed by atoms with Gasteiger partial charge in [0.2, 0.25) is 0 Å².